The van der Waals surface area contributed by atoms with Crippen LogP contribution in [0.1, 0.15) is 5.56 Å². The molecule has 6 nitrogen and oxygen atoms in total. The van der Waals surface area contributed by atoms with Crippen molar-refractivity contribution in [1.29, 1.82) is 0 Å². The maximum absolute atomic E-state index is 11.0. The maximum Gasteiger partial charge on any atom is 0.247 e. The van der Waals surface area contributed by atoms with Gasteiger partial charge in [-0.05, 0) is 5.56 Å². The predicted octanol–water partition coefficient (Wildman–Crippen LogP) is -0.856. The molecule has 1 atom stereocenters. The van der Waals surface area contributed by atoms with E-state index in [2.05, 4.69) is 10.3 Å². The zero-order valence-electron chi connectivity index (χ0n) is 9.17. The van der Waals surface area contributed by atoms with E-state index in [-0.39, 0.29) is 5.84 Å². The molecule has 0 bridgehead atoms. The van der Waals surface area contributed by atoms with Crippen LogP contribution in [0.3, 0.4) is 0 Å². The van der Waals surface area contributed by atoms with Gasteiger partial charge < -0.3 is 16.8 Å². The fraction of sp³-hybridized carbons (Fsp3) is 0.182. The molecule has 0 aliphatic carbocycles. The SMILES string of the molecule is NC(=O)C(NC=O)C(N)=NCc1ccccc1. The Morgan fingerprint density at radius 2 is 2.00 bits per heavy atom. The van der Waals surface area contributed by atoms with Crippen molar-refractivity contribution in [1.82, 2.24) is 5.32 Å². The van der Waals surface area contributed by atoms with E-state index >= 15 is 0 Å². The number of primary amides is 1. The zero-order valence-corrected chi connectivity index (χ0v) is 9.17. The Balaban J connectivity index is 2.70. The zero-order chi connectivity index (χ0) is 12.7. The van der Waals surface area contributed by atoms with Crippen LogP contribution in [0.5, 0.6) is 0 Å². The molecule has 90 valence electrons. The molecule has 0 aromatic heterocycles. The summed E-state index contributed by atoms with van der Waals surface area (Å²) in [6.07, 6.45) is 0.361. The molecule has 0 radical (unpaired) electrons. The summed E-state index contributed by atoms with van der Waals surface area (Å²) in [7, 11) is 0. The average molecular weight is 234 g/mol. The standard InChI is InChI=1S/C11H14N4O2/c12-10(9(11(13)17)15-7-16)14-6-8-4-2-1-3-5-8/h1-5,7,9H,6H2,(H2,12,14)(H2,13,17)(H,15,16). The van der Waals surface area contributed by atoms with Gasteiger partial charge in [-0.2, -0.15) is 0 Å². The number of hydrogen-bond donors (Lipinski definition) is 3. The third-order valence-electron chi connectivity index (χ3n) is 2.10. The third kappa shape index (κ3) is 3.94. The number of amidine groups is 1. The lowest BCUT2D eigenvalue weighted by Crippen LogP contribution is -2.50. The number of carbonyl (C=O) groups is 2. The van der Waals surface area contributed by atoms with Gasteiger partial charge in [0, 0.05) is 0 Å². The molecular weight excluding hydrogens is 220 g/mol. The molecule has 0 aliphatic heterocycles. The van der Waals surface area contributed by atoms with E-state index < -0.39 is 11.9 Å². The number of nitrogens with one attached hydrogen (secondary N) is 1. The van der Waals surface area contributed by atoms with Crippen LogP contribution in [0, 0.1) is 0 Å². The maximum atomic E-state index is 11.0. The quantitative estimate of drug-likeness (QED) is 0.338. The van der Waals surface area contributed by atoms with Crippen LogP contribution in [-0.4, -0.2) is 24.2 Å². The first-order valence-electron chi connectivity index (χ1n) is 4.98. The summed E-state index contributed by atoms with van der Waals surface area (Å²) in [4.78, 5) is 25.3. The summed E-state index contributed by atoms with van der Waals surface area (Å²) >= 11 is 0. The lowest BCUT2D eigenvalue weighted by Gasteiger charge is -2.11. The molecule has 0 spiro atoms. The molecule has 0 saturated carbocycles. The molecule has 1 rings (SSSR count). The van der Waals surface area contributed by atoms with Crippen molar-refractivity contribution in [2.45, 2.75) is 12.6 Å². The number of carbonyl (C=O) groups excluding carboxylic acids is 2. The van der Waals surface area contributed by atoms with Crippen molar-refractivity contribution in [3.63, 3.8) is 0 Å². The van der Waals surface area contributed by atoms with E-state index in [0.29, 0.717) is 13.0 Å². The molecule has 6 heteroatoms. The van der Waals surface area contributed by atoms with Gasteiger partial charge in [0.1, 0.15) is 5.84 Å². The average Bonchev–Trinajstić information content (AvgIpc) is 2.34. The number of amides is 2. The number of nitrogens with zero attached hydrogens (tertiary/aromatic N) is 1. The normalized spacial score (nSPS) is 12.8. The molecule has 0 aliphatic rings. The first-order valence-corrected chi connectivity index (χ1v) is 4.98. The second kappa shape index (κ2) is 6.26. The second-order valence-electron chi connectivity index (χ2n) is 3.35. The third-order valence-corrected chi connectivity index (χ3v) is 2.10. The molecule has 0 heterocycles. The first kappa shape index (κ1) is 12.7. The van der Waals surface area contributed by atoms with E-state index in [0.717, 1.165) is 5.56 Å². The van der Waals surface area contributed by atoms with Gasteiger partial charge in [0.2, 0.25) is 12.3 Å². The summed E-state index contributed by atoms with van der Waals surface area (Å²) in [6, 6.07) is 8.33. The van der Waals surface area contributed by atoms with Crippen molar-refractivity contribution in [3.05, 3.63) is 35.9 Å². The van der Waals surface area contributed by atoms with Gasteiger partial charge in [-0.1, -0.05) is 30.3 Å². The van der Waals surface area contributed by atoms with E-state index in [9.17, 15) is 9.59 Å². The van der Waals surface area contributed by atoms with Gasteiger partial charge in [-0.25, -0.2) is 0 Å². The van der Waals surface area contributed by atoms with Crippen LogP contribution in [0.2, 0.25) is 0 Å². The highest BCUT2D eigenvalue weighted by Crippen LogP contribution is 2.00. The van der Waals surface area contributed by atoms with E-state index in [1.807, 2.05) is 30.3 Å². The van der Waals surface area contributed by atoms with Gasteiger partial charge in [0.15, 0.2) is 6.04 Å². The van der Waals surface area contributed by atoms with Crippen LogP contribution in [0.25, 0.3) is 0 Å². The number of nitrogens with two attached hydrogens (primary N) is 2. The highest BCUT2D eigenvalue weighted by Gasteiger charge is 2.18. The summed E-state index contributed by atoms with van der Waals surface area (Å²) < 4.78 is 0. The van der Waals surface area contributed by atoms with Gasteiger partial charge >= 0.3 is 0 Å². The Morgan fingerprint density at radius 3 is 2.53 bits per heavy atom. The minimum absolute atomic E-state index is 0.00606. The topological polar surface area (TPSA) is 111 Å². The first-order chi connectivity index (χ1) is 8.15. The number of hydrogen-bond acceptors (Lipinski definition) is 3. The monoisotopic (exact) mass is 234 g/mol. The largest absolute Gasteiger partial charge is 0.385 e. The molecule has 1 aromatic rings. The minimum Gasteiger partial charge on any atom is -0.385 e. The Kier molecular flexibility index (Phi) is 4.68. The van der Waals surface area contributed by atoms with Crippen molar-refractivity contribution in [2.75, 3.05) is 0 Å². The Morgan fingerprint density at radius 1 is 1.35 bits per heavy atom. The highest BCUT2D eigenvalue weighted by atomic mass is 16.2. The summed E-state index contributed by atoms with van der Waals surface area (Å²) in [5, 5.41) is 2.21. The van der Waals surface area contributed by atoms with Crippen LogP contribution in [0.15, 0.2) is 35.3 Å². The second-order valence-corrected chi connectivity index (χ2v) is 3.35. The van der Waals surface area contributed by atoms with Gasteiger partial charge in [-0.15, -0.1) is 0 Å². The predicted molar refractivity (Wildman–Crippen MR) is 64.0 cm³/mol. The molecule has 1 aromatic carbocycles. The van der Waals surface area contributed by atoms with Gasteiger partial charge in [0.25, 0.3) is 0 Å². The Hall–Kier alpha value is -2.37. The van der Waals surface area contributed by atoms with E-state index in [1.165, 1.54) is 0 Å². The minimum atomic E-state index is -1.06. The highest BCUT2D eigenvalue weighted by molar-refractivity contribution is 6.06. The summed E-state index contributed by atoms with van der Waals surface area (Å²) in [6.45, 7) is 0.330. The fourth-order valence-corrected chi connectivity index (χ4v) is 1.24. The van der Waals surface area contributed by atoms with Crippen molar-refractivity contribution >= 4 is 18.2 Å². The van der Waals surface area contributed by atoms with E-state index in [1.54, 1.807) is 0 Å². The molecule has 0 saturated heterocycles. The van der Waals surface area contributed by atoms with Crippen LogP contribution in [0.4, 0.5) is 0 Å². The number of aliphatic imine (C=N–C) groups is 1. The van der Waals surface area contributed by atoms with Crippen molar-refractivity contribution in [2.24, 2.45) is 16.5 Å². The van der Waals surface area contributed by atoms with Crippen LogP contribution < -0.4 is 16.8 Å². The lowest BCUT2D eigenvalue weighted by atomic mass is 10.2. The molecule has 0 fully saturated rings. The summed E-state index contributed by atoms with van der Waals surface area (Å²) in [5.74, 6) is -0.750. The van der Waals surface area contributed by atoms with E-state index in [4.69, 9.17) is 11.5 Å². The molecule has 2 amide bonds. The fourth-order valence-electron chi connectivity index (χ4n) is 1.24. The molecular formula is C11H14N4O2. The number of benzene rings is 1. The Bertz CT molecular complexity index is 417. The lowest BCUT2D eigenvalue weighted by molar-refractivity contribution is -0.121. The smallest absolute Gasteiger partial charge is 0.247 e. The summed E-state index contributed by atoms with van der Waals surface area (Å²) in [5.41, 5.74) is 11.6. The van der Waals surface area contributed by atoms with Gasteiger partial charge in [-0.3, -0.25) is 14.6 Å². The van der Waals surface area contributed by atoms with Crippen LogP contribution in [-0.2, 0) is 16.1 Å². The van der Waals surface area contributed by atoms with Crippen molar-refractivity contribution in [3.8, 4) is 0 Å². The molecule has 1 unspecified atom stereocenters. The van der Waals surface area contributed by atoms with Crippen LogP contribution >= 0.6 is 0 Å². The Labute approximate surface area is 98.7 Å². The molecule has 17 heavy (non-hydrogen) atoms. The molecule has 5 N–H and O–H groups in total. The van der Waals surface area contributed by atoms with Gasteiger partial charge in [0.05, 0.1) is 6.54 Å². The number of rotatable bonds is 6. The van der Waals surface area contributed by atoms with Crippen molar-refractivity contribution < 1.29 is 9.59 Å².